The van der Waals surface area contributed by atoms with Gasteiger partial charge in [-0.3, -0.25) is 9.59 Å². The lowest BCUT2D eigenvalue weighted by Crippen LogP contribution is -2.34. The first-order valence-electron chi connectivity index (χ1n) is 5.90. The molecule has 2 rings (SSSR count). The monoisotopic (exact) mass is 250 g/mol. The van der Waals surface area contributed by atoms with Crippen molar-refractivity contribution >= 4 is 17.4 Å². The minimum atomic E-state index is -0.537. The lowest BCUT2D eigenvalue weighted by molar-refractivity contribution is -0.119. The topological polar surface area (TPSA) is 49.4 Å². The maximum Gasteiger partial charge on any atom is 0.239 e. The second kappa shape index (κ2) is 5.16. The Morgan fingerprint density at radius 1 is 1.44 bits per heavy atom. The molecule has 1 saturated heterocycles. The molecule has 1 aliphatic rings. The summed E-state index contributed by atoms with van der Waals surface area (Å²) >= 11 is 0. The highest BCUT2D eigenvalue weighted by atomic mass is 19.1. The zero-order valence-corrected chi connectivity index (χ0v) is 10.2. The van der Waals surface area contributed by atoms with Gasteiger partial charge < -0.3 is 10.2 Å². The fourth-order valence-corrected chi connectivity index (χ4v) is 2.14. The van der Waals surface area contributed by atoms with Crippen molar-refractivity contribution in [2.45, 2.75) is 13.3 Å². The van der Waals surface area contributed by atoms with Crippen LogP contribution in [-0.4, -0.2) is 31.3 Å². The number of nitrogens with one attached hydrogen (secondary N) is 1. The van der Waals surface area contributed by atoms with Gasteiger partial charge >= 0.3 is 0 Å². The van der Waals surface area contributed by atoms with Gasteiger partial charge in [0, 0.05) is 13.1 Å². The zero-order chi connectivity index (χ0) is 13.1. The van der Waals surface area contributed by atoms with Gasteiger partial charge in [-0.15, -0.1) is 0 Å². The van der Waals surface area contributed by atoms with Gasteiger partial charge in [-0.1, -0.05) is 6.07 Å². The molecule has 0 bridgehead atoms. The molecule has 0 spiro atoms. The van der Waals surface area contributed by atoms with E-state index in [-0.39, 0.29) is 23.8 Å². The number of hydrogen-bond donors (Lipinski definition) is 1. The number of anilines is 1. The molecule has 0 unspecified atom stereocenters. The number of carbonyl (C=O) groups is 2. The maximum atomic E-state index is 13.7. The largest absolute Gasteiger partial charge is 0.361 e. The summed E-state index contributed by atoms with van der Waals surface area (Å²) in [7, 11) is 0. The molecule has 4 nitrogen and oxygen atoms in total. The normalized spacial score (nSPS) is 16.1. The second-order valence-corrected chi connectivity index (χ2v) is 4.32. The average Bonchev–Trinajstić information content (AvgIpc) is 2.53. The van der Waals surface area contributed by atoms with Crippen LogP contribution in [0, 0.1) is 5.82 Å². The van der Waals surface area contributed by atoms with Gasteiger partial charge in [0.2, 0.25) is 5.91 Å². The first-order valence-corrected chi connectivity index (χ1v) is 5.90. The van der Waals surface area contributed by atoms with Crippen LogP contribution in [-0.2, 0) is 4.79 Å². The summed E-state index contributed by atoms with van der Waals surface area (Å²) in [6, 6.07) is 4.50. The summed E-state index contributed by atoms with van der Waals surface area (Å²) in [5, 5.41) is 2.75. The van der Waals surface area contributed by atoms with Crippen molar-refractivity contribution in [2.24, 2.45) is 0 Å². The van der Waals surface area contributed by atoms with Gasteiger partial charge in [-0.2, -0.15) is 0 Å². The van der Waals surface area contributed by atoms with Crippen LogP contribution >= 0.6 is 0 Å². The minimum absolute atomic E-state index is 0.0622. The average molecular weight is 250 g/mol. The van der Waals surface area contributed by atoms with E-state index >= 15 is 0 Å². The van der Waals surface area contributed by atoms with E-state index in [2.05, 4.69) is 5.32 Å². The second-order valence-electron chi connectivity index (χ2n) is 4.32. The van der Waals surface area contributed by atoms with E-state index in [1.165, 1.54) is 13.0 Å². The molecule has 0 atom stereocenters. The highest BCUT2D eigenvalue weighted by Gasteiger charge is 2.21. The van der Waals surface area contributed by atoms with Crippen molar-refractivity contribution < 1.29 is 14.0 Å². The van der Waals surface area contributed by atoms with E-state index in [0.717, 1.165) is 6.42 Å². The van der Waals surface area contributed by atoms with Gasteiger partial charge in [0.05, 0.1) is 17.8 Å². The van der Waals surface area contributed by atoms with Crippen LogP contribution < -0.4 is 10.2 Å². The summed E-state index contributed by atoms with van der Waals surface area (Å²) in [5.41, 5.74) is 0.562. The summed E-state index contributed by atoms with van der Waals surface area (Å²) in [6.07, 6.45) is 0.777. The van der Waals surface area contributed by atoms with Crippen LogP contribution in [0.15, 0.2) is 18.2 Å². The van der Waals surface area contributed by atoms with Crippen LogP contribution in [0.4, 0.5) is 10.1 Å². The molecular formula is C13H15FN2O2. The molecule has 1 amide bonds. The lowest BCUT2D eigenvalue weighted by Gasteiger charge is -2.23. The lowest BCUT2D eigenvalue weighted by atomic mass is 10.1. The predicted molar refractivity (Wildman–Crippen MR) is 66.2 cm³/mol. The highest BCUT2D eigenvalue weighted by molar-refractivity contribution is 6.00. The molecule has 1 N–H and O–H groups in total. The Labute approximate surface area is 105 Å². The van der Waals surface area contributed by atoms with Crippen molar-refractivity contribution in [1.82, 2.24) is 5.32 Å². The fourth-order valence-electron chi connectivity index (χ4n) is 2.14. The predicted octanol–water partition coefficient (Wildman–Crippen LogP) is 1.35. The molecule has 1 aliphatic heterocycles. The Hall–Kier alpha value is -1.91. The molecule has 18 heavy (non-hydrogen) atoms. The van der Waals surface area contributed by atoms with Gasteiger partial charge in [-0.25, -0.2) is 4.39 Å². The van der Waals surface area contributed by atoms with Crippen molar-refractivity contribution in [3.63, 3.8) is 0 Å². The highest BCUT2D eigenvalue weighted by Crippen LogP contribution is 2.24. The standard InChI is InChI=1S/C13H15FN2O2/c1-9(17)13-10(14)4-2-5-11(13)16-7-3-6-15-12(18)8-16/h2,4-5H,3,6-8H2,1H3,(H,15,18). The number of halogens is 1. The molecule has 0 radical (unpaired) electrons. The number of ketones is 1. The van der Waals surface area contributed by atoms with Crippen molar-refractivity contribution in [1.29, 1.82) is 0 Å². The summed E-state index contributed by atoms with van der Waals surface area (Å²) in [4.78, 5) is 24.8. The van der Waals surface area contributed by atoms with Crippen LogP contribution in [0.5, 0.6) is 0 Å². The zero-order valence-electron chi connectivity index (χ0n) is 10.2. The SMILES string of the molecule is CC(=O)c1c(F)cccc1N1CCCNC(=O)C1. The number of benzene rings is 1. The Bertz CT molecular complexity index is 488. The van der Waals surface area contributed by atoms with Crippen molar-refractivity contribution in [2.75, 3.05) is 24.5 Å². The first-order chi connectivity index (χ1) is 8.59. The molecule has 1 aromatic carbocycles. The quantitative estimate of drug-likeness (QED) is 0.806. The van der Waals surface area contributed by atoms with E-state index in [9.17, 15) is 14.0 Å². The van der Waals surface area contributed by atoms with E-state index in [1.54, 1.807) is 17.0 Å². The summed E-state index contributed by atoms with van der Waals surface area (Å²) in [6.45, 7) is 2.73. The van der Waals surface area contributed by atoms with Gasteiger partial charge in [0.15, 0.2) is 5.78 Å². The molecule has 1 heterocycles. The van der Waals surface area contributed by atoms with E-state index in [4.69, 9.17) is 0 Å². The number of hydrogen-bond acceptors (Lipinski definition) is 3. The Balaban J connectivity index is 2.40. The summed E-state index contributed by atoms with van der Waals surface area (Å²) in [5.74, 6) is -0.969. The third kappa shape index (κ3) is 2.50. The molecule has 1 fully saturated rings. The molecule has 0 saturated carbocycles. The van der Waals surface area contributed by atoms with Crippen LogP contribution in [0.1, 0.15) is 23.7 Å². The smallest absolute Gasteiger partial charge is 0.239 e. The van der Waals surface area contributed by atoms with Crippen molar-refractivity contribution in [3.05, 3.63) is 29.6 Å². The minimum Gasteiger partial charge on any atom is -0.361 e. The number of nitrogens with zero attached hydrogens (tertiary/aromatic N) is 1. The number of amides is 1. The fraction of sp³-hybridized carbons (Fsp3) is 0.385. The van der Waals surface area contributed by atoms with E-state index < -0.39 is 5.82 Å². The number of carbonyl (C=O) groups excluding carboxylic acids is 2. The van der Waals surface area contributed by atoms with Gasteiger partial charge in [-0.05, 0) is 25.5 Å². The van der Waals surface area contributed by atoms with Crippen LogP contribution in [0.25, 0.3) is 0 Å². The molecule has 0 aromatic heterocycles. The van der Waals surface area contributed by atoms with Crippen LogP contribution in [0.2, 0.25) is 0 Å². The van der Waals surface area contributed by atoms with Gasteiger partial charge in [0.1, 0.15) is 5.82 Å². The third-order valence-electron chi connectivity index (χ3n) is 2.95. The maximum absolute atomic E-state index is 13.7. The molecule has 1 aromatic rings. The number of rotatable bonds is 2. The van der Waals surface area contributed by atoms with E-state index in [0.29, 0.717) is 18.8 Å². The first kappa shape index (κ1) is 12.5. The Kier molecular flexibility index (Phi) is 3.60. The number of Topliss-reactive ketones (excluding diaryl/α,β-unsaturated/α-hetero) is 1. The van der Waals surface area contributed by atoms with Gasteiger partial charge in [0.25, 0.3) is 0 Å². The molecule has 0 aliphatic carbocycles. The van der Waals surface area contributed by atoms with Crippen molar-refractivity contribution in [3.8, 4) is 0 Å². The van der Waals surface area contributed by atoms with E-state index in [1.807, 2.05) is 0 Å². The Morgan fingerprint density at radius 2 is 2.22 bits per heavy atom. The molecular weight excluding hydrogens is 235 g/mol. The van der Waals surface area contributed by atoms with Crippen LogP contribution in [0.3, 0.4) is 0 Å². The Morgan fingerprint density at radius 3 is 2.94 bits per heavy atom. The summed E-state index contributed by atoms with van der Waals surface area (Å²) < 4.78 is 13.7. The molecule has 96 valence electrons. The third-order valence-corrected chi connectivity index (χ3v) is 2.95. The molecule has 5 heteroatoms.